The number of aliphatic hydroxyl groups is 1. The third-order valence-corrected chi connectivity index (χ3v) is 7.20. The molecule has 33 heavy (non-hydrogen) atoms. The number of carbonyl (C=O) groups excluding carboxylic acids is 1. The topological polar surface area (TPSA) is 71.9 Å². The number of methoxy groups -OCH3 is 1. The highest BCUT2D eigenvalue weighted by atomic mass is 19.1. The van der Waals surface area contributed by atoms with Crippen LogP contribution in [0.4, 0.5) is 4.39 Å². The maximum absolute atomic E-state index is 14.5. The first-order valence-electron chi connectivity index (χ1n) is 11.9. The van der Waals surface area contributed by atoms with E-state index in [4.69, 9.17) is 14.5 Å². The second-order valence-corrected chi connectivity index (χ2v) is 9.97. The van der Waals surface area contributed by atoms with E-state index in [1.54, 1.807) is 27.9 Å². The molecule has 4 rings (SSSR count). The Kier molecular flexibility index (Phi) is 6.76. The van der Waals surface area contributed by atoms with Gasteiger partial charge in [0, 0.05) is 37.6 Å². The molecule has 2 aliphatic heterocycles. The predicted octanol–water partition coefficient (Wildman–Crippen LogP) is 4.09. The number of aryl methyl sites for hydroxylation is 1. The molecule has 2 aliphatic rings. The first-order valence-corrected chi connectivity index (χ1v) is 11.9. The fourth-order valence-corrected chi connectivity index (χ4v) is 5.51. The third kappa shape index (κ3) is 4.38. The van der Waals surface area contributed by atoms with Gasteiger partial charge in [-0.25, -0.2) is 4.39 Å². The molecule has 3 atom stereocenters. The molecular weight excluding hydrogens is 423 g/mol. The van der Waals surface area contributed by atoms with E-state index in [0.717, 1.165) is 28.6 Å². The summed E-state index contributed by atoms with van der Waals surface area (Å²) in [6.07, 6.45) is 2.22. The van der Waals surface area contributed by atoms with E-state index in [1.807, 2.05) is 11.0 Å². The molecule has 7 heteroatoms. The molecule has 6 nitrogen and oxygen atoms in total. The van der Waals surface area contributed by atoms with Gasteiger partial charge in [-0.15, -0.1) is 0 Å². The van der Waals surface area contributed by atoms with Crippen molar-refractivity contribution in [3.8, 4) is 0 Å². The van der Waals surface area contributed by atoms with Crippen molar-refractivity contribution in [3.05, 3.63) is 40.3 Å². The van der Waals surface area contributed by atoms with Crippen LogP contribution < -0.4 is 0 Å². The van der Waals surface area contributed by atoms with Crippen molar-refractivity contribution in [2.24, 2.45) is 11.8 Å². The molecule has 0 radical (unpaired) electrons. The minimum Gasteiger partial charge on any atom is -0.390 e. The number of aromatic nitrogens is 1. The highest BCUT2D eigenvalue weighted by molar-refractivity contribution is 5.87. The van der Waals surface area contributed by atoms with Crippen molar-refractivity contribution < 1.29 is 23.8 Å². The molecule has 0 spiro atoms. The number of hydrogen-bond acceptors (Lipinski definition) is 5. The summed E-state index contributed by atoms with van der Waals surface area (Å²) >= 11 is 0. The number of benzene rings is 1. The number of hydrogen-bond donors (Lipinski definition) is 1. The largest absolute Gasteiger partial charge is 0.390 e. The number of pyridine rings is 1. The van der Waals surface area contributed by atoms with Crippen LogP contribution in [0.1, 0.15) is 62.0 Å². The number of piperidine rings is 1. The molecule has 0 saturated carbocycles. The molecule has 0 bridgehead atoms. The summed E-state index contributed by atoms with van der Waals surface area (Å²) < 4.78 is 25.6. The van der Waals surface area contributed by atoms with Crippen LogP contribution in [-0.4, -0.2) is 53.4 Å². The lowest BCUT2D eigenvalue weighted by molar-refractivity contribution is -0.157. The van der Waals surface area contributed by atoms with Gasteiger partial charge in [-0.3, -0.25) is 9.78 Å². The Morgan fingerprint density at radius 2 is 2.06 bits per heavy atom. The second-order valence-electron chi connectivity index (χ2n) is 9.97. The molecule has 180 valence electrons. The molecular formula is C26H35FN2O4. The van der Waals surface area contributed by atoms with Gasteiger partial charge in [0.25, 0.3) is 0 Å². The number of rotatable bonds is 8. The maximum Gasteiger partial charge on any atom is 0.229 e. The summed E-state index contributed by atoms with van der Waals surface area (Å²) in [5.74, 6) is -0.975. The van der Waals surface area contributed by atoms with Gasteiger partial charge in [0.1, 0.15) is 5.82 Å². The van der Waals surface area contributed by atoms with Crippen molar-refractivity contribution in [3.63, 3.8) is 0 Å². The predicted molar refractivity (Wildman–Crippen MR) is 124 cm³/mol. The number of amides is 1. The fourth-order valence-electron chi connectivity index (χ4n) is 5.51. The fraction of sp³-hybridized carbons (Fsp3) is 0.615. The van der Waals surface area contributed by atoms with Crippen molar-refractivity contribution in [2.75, 3.05) is 26.9 Å². The first kappa shape index (κ1) is 24.0. The van der Waals surface area contributed by atoms with E-state index in [0.29, 0.717) is 43.7 Å². The Labute approximate surface area is 195 Å². The number of ether oxygens (including phenoxy) is 2. The van der Waals surface area contributed by atoms with E-state index in [9.17, 15) is 14.3 Å². The Balaban J connectivity index is 1.81. The van der Waals surface area contributed by atoms with Gasteiger partial charge in [0.05, 0.1) is 42.0 Å². The van der Waals surface area contributed by atoms with Gasteiger partial charge in [0.15, 0.2) is 0 Å². The smallest absolute Gasteiger partial charge is 0.229 e. The van der Waals surface area contributed by atoms with Crippen LogP contribution in [0, 0.1) is 24.6 Å². The summed E-state index contributed by atoms with van der Waals surface area (Å²) in [5, 5.41) is 11.8. The lowest BCUT2D eigenvalue weighted by Gasteiger charge is -2.44. The SMILES string of the molecule is CCCOCCc1c2c(nc3cc(F)c(C)cc13)C1CC(C(C)(C)O)C(COC)C(=O)N1C2. The minimum absolute atomic E-state index is 0.0159. The highest BCUT2D eigenvalue weighted by Crippen LogP contribution is 2.48. The average Bonchev–Trinajstić information content (AvgIpc) is 3.11. The molecule has 1 fully saturated rings. The van der Waals surface area contributed by atoms with Crippen LogP contribution in [0.15, 0.2) is 12.1 Å². The molecule has 1 amide bonds. The van der Waals surface area contributed by atoms with Crippen LogP contribution >= 0.6 is 0 Å². The van der Waals surface area contributed by atoms with Gasteiger partial charge >= 0.3 is 0 Å². The zero-order valence-corrected chi connectivity index (χ0v) is 20.3. The van der Waals surface area contributed by atoms with Gasteiger partial charge in [-0.1, -0.05) is 6.92 Å². The first-order chi connectivity index (χ1) is 15.7. The number of nitrogens with zero attached hydrogens (tertiary/aromatic N) is 2. The van der Waals surface area contributed by atoms with Crippen molar-refractivity contribution in [1.82, 2.24) is 9.88 Å². The molecule has 1 saturated heterocycles. The average molecular weight is 459 g/mol. The van der Waals surface area contributed by atoms with E-state index in [2.05, 4.69) is 6.92 Å². The summed E-state index contributed by atoms with van der Waals surface area (Å²) in [4.78, 5) is 20.3. The standard InChI is InChI=1S/C26H35FN2O4/c1-6-8-33-9-7-16-17-10-15(2)21(27)12-22(17)28-24-18(16)13-29-23(24)11-20(26(3,4)31)19(14-32-5)25(29)30/h10,12,19-20,23,31H,6-9,11,13-14H2,1-5H3. The number of carbonyl (C=O) groups is 1. The van der Waals surface area contributed by atoms with Crippen LogP contribution in [-0.2, 0) is 27.2 Å². The molecule has 2 aromatic rings. The summed E-state index contributed by atoms with van der Waals surface area (Å²) in [5.41, 5.74) is 3.10. The summed E-state index contributed by atoms with van der Waals surface area (Å²) in [6, 6.07) is 3.12. The van der Waals surface area contributed by atoms with Gasteiger partial charge < -0.3 is 19.5 Å². The Morgan fingerprint density at radius 1 is 1.30 bits per heavy atom. The molecule has 1 aromatic carbocycles. The number of fused-ring (bicyclic) bond motifs is 4. The maximum atomic E-state index is 14.5. The molecule has 1 aromatic heterocycles. The lowest BCUT2D eigenvalue weighted by Crippen LogP contribution is -2.52. The van der Waals surface area contributed by atoms with Crippen molar-refractivity contribution in [2.45, 2.75) is 65.1 Å². The molecule has 3 unspecified atom stereocenters. The monoisotopic (exact) mass is 458 g/mol. The molecule has 3 heterocycles. The normalized spacial score (nSPS) is 22.7. The van der Waals surface area contributed by atoms with Crippen LogP contribution in [0.2, 0.25) is 0 Å². The van der Waals surface area contributed by atoms with Gasteiger partial charge in [-0.2, -0.15) is 0 Å². The van der Waals surface area contributed by atoms with Crippen molar-refractivity contribution in [1.29, 1.82) is 0 Å². The summed E-state index contributed by atoms with van der Waals surface area (Å²) in [6.45, 7) is 9.33. The Morgan fingerprint density at radius 3 is 2.73 bits per heavy atom. The zero-order valence-electron chi connectivity index (χ0n) is 20.3. The molecule has 1 N–H and O–H groups in total. The number of halogens is 1. The quantitative estimate of drug-likeness (QED) is 0.604. The van der Waals surface area contributed by atoms with Crippen LogP contribution in [0.3, 0.4) is 0 Å². The third-order valence-electron chi connectivity index (χ3n) is 7.20. The Bertz CT molecular complexity index is 1050. The Hall–Kier alpha value is -2.09. The van der Waals surface area contributed by atoms with Crippen LogP contribution in [0.5, 0.6) is 0 Å². The van der Waals surface area contributed by atoms with Gasteiger partial charge in [-0.05, 0) is 62.8 Å². The molecule has 0 aliphatic carbocycles. The van der Waals surface area contributed by atoms with Crippen LogP contribution in [0.25, 0.3) is 10.9 Å². The summed E-state index contributed by atoms with van der Waals surface area (Å²) in [7, 11) is 1.58. The van der Waals surface area contributed by atoms with Crippen molar-refractivity contribution >= 4 is 16.8 Å². The minimum atomic E-state index is -1.04. The van der Waals surface area contributed by atoms with E-state index >= 15 is 0 Å². The van der Waals surface area contributed by atoms with E-state index < -0.39 is 11.5 Å². The van der Waals surface area contributed by atoms with Gasteiger partial charge in [0.2, 0.25) is 5.91 Å². The lowest BCUT2D eigenvalue weighted by atomic mass is 9.73. The zero-order chi connectivity index (χ0) is 23.9. The highest BCUT2D eigenvalue weighted by Gasteiger charge is 2.51. The second kappa shape index (κ2) is 9.28. The van der Waals surface area contributed by atoms with E-state index in [1.165, 1.54) is 6.07 Å². The van der Waals surface area contributed by atoms with E-state index in [-0.39, 0.29) is 30.3 Å².